The molecule has 7 heteroatoms. The standard InChI is InChI=1S/C11H5N3O4/c12-5-7(6-13)4-8-2-1-3-9(11(15)16)10(8)14(17)18/h1-4H,(H,15,16). The number of benzene rings is 1. The van der Waals surface area contributed by atoms with E-state index in [1.165, 1.54) is 12.1 Å². The molecule has 0 fully saturated rings. The van der Waals surface area contributed by atoms with E-state index in [2.05, 4.69) is 0 Å². The van der Waals surface area contributed by atoms with E-state index in [0.717, 1.165) is 12.1 Å². The average Bonchev–Trinajstić information content (AvgIpc) is 2.35. The molecular formula is C11H5N3O4. The molecule has 0 atom stereocenters. The van der Waals surface area contributed by atoms with Gasteiger partial charge in [-0.25, -0.2) is 4.79 Å². The third-order valence-electron chi connectivity index (χ3n) is 2.02. The van der Waals surface area contributed by atoms with Crippen molar-refractivity contribution in [3.63, 3.8) is 0 Å². The van der Waals surface area contributed by atoms with E-state index in [1.54, 1.807) is 12.1 Å². The van der Waals surface area contributed by atoms with Crippen LogP contribution in [-0.2, 0) is 0 Å². The van der Waals surface area contributed by atoms with Crippen LogP contribution in [0.5, 0.6) is 0 Å². The minimum Gasteiger partial charge on any atom is -0.477 e. The molecule has 0 spiro atoms. The predicted octanol–water partition coefficient (Wildman–Crippen LogP) is 1.72. The molecule has 0 unspecified atom stereocenters. The number of carboxylic acids is 1. The monoisotopic (exact) mass is 243 g/mol. The Kier molecular flexibility index (Phi) is 3.74. The molecule has 0 saturated heterocycles. The van der Waals surface area contributed by atoms with E-state index in [1.807, 2.05) is 0 Å². The Bertz CT molecular complexity index is 619. The fourth-order valence-electron chi connectivity index (χ4n) is 1.30. The molecule has 0 aliphatic heterocycles. The minimum absolute atomic E-state index is 0.0991. The van der Waals surface area contributed by atoms with Gasteiger partial charge in [0.15, 0.2) is 0 Å². The Hall–Kier alpha value is -3.19. The Labute approximate surface area is 101 Å². The van der Waals surface area contributed by atoms with Gasteiger partial charge in [0, 0.05) is 0 Å². The van der Waals surface area contributed by atoms with Crippen LogP contribution < -0.4 is 0 Å². The zero-order valence-electron chi connectivity index (χ0n) is 8.82. The summed E-state index contributed by atoms with van der Waals surface area (Å²) in [6.45, 7) is 0. The number of nitrogens with zero attached hydrogens (tertiary/aromatic N) is 3. The zero-order chi connectivity index (χ0) is 13.7. The number of hydrogen-bond donors (Lipinski definition) is 1. The summed E-state index contributed by atoms with van der Waals surface area (Å²) in [4.78, 5) is 20.8. The van der Waals surface area contributed by atoms with E-state index in [0.29, 0.717) is 0 Å². The molecule has 0 heterocycles. The van der Waals surface area contributed by atoms with Crippen molar-refractivity contribution in [3.8, 4) is 12.1 Å². The molecule has 0 aliphatic rings. The fraction of sp³-hybridized carbons (Fsp3) is 0. The van der Waals surface area contributed by atoms with Crippen LogP contribution in [0.25, 0.3) is 6.08 Å². The number of hydrogen-bond acceptors (Lipinski definition) is 5. The van der Waals surface area contributed by atoms with Gasteiger partial charge in [0.1, 0.15) is 23.3 Å². The van der Waals surface area contributed by atoms with Crippen LogP contribution in [0.2, 0.25) is 0 Å². The highest BCUT2D eigenvalue weighted by molar-refractivity contribution is 5.94. The van der Waals surface area contributed by atoms with E-state index >= 15 is 0 Å². The fourth-order valence-corrected chi connectivity index (χ4v) is 1.30. The molecule has 0 radical (unpaired) electrons. The van der Waals surface area contributed by atoms with Crippen LogP contribution in [-0.4, -0.2) is 16.0 Å². The molecule has 7 nitrogen and oxygen atoms in total. The summed E-state index contributed by atoms with van der Waals surface area (Å²) in [6, 6.07) is 6.73. The smallest absolute Gasteiger partial charge is 0.342 e. The Balaban J connectivity index is 3.57. The second kappa shape index (κ2) is 5.23. The second-order valence-corrected chi connectivity index (χ2v) is 3.09. The highest BCUT2D eigenvalue weighted by atomic mass is 16.6. The lowest BCUT2D eigenvalue weighted by molar-refractivity contribution is -0.385. The van der Waals surface area contributed by atoms with Gasteiger partial charge in [0.25, 0.3) is 5.69 Å². The van der Waals surface area contributed by atoms with Crippen molar-refractivity contribution in [1.29, 1.82) is 10.5 Å². The molecule has 18 heavy (non-hydrogen) atoms. The van der Waals surface area contributed by atoms with E-state index in [-0.39, 0.29) is 11.1 Å². The minimum atomic E-state index is -1.45. The van der Waals surface area contributed by atoms with E-state index in [9.17, 15) is 14.9 Å². The first kappa shape index (κ1) is 12.9. The van der Waals surface area contributed by atoms with Gasteiger partial charge in [-0.1, -0.05) is 6.07 Å². The molecule has 1 rings (SSSR count). The SMILES string of the molecule is N#CC(C#N)=Cc1cccc(C(=O)O)c1[N+](=O)[O-]. The van der Waals surface area contributed by atoms with Crippen molar-refractivity contribution in [2.24, 2.45) is 0 Å². The maximum Gasteiger partial charge on any atom is 0.342 e. The van der Waals surface area contributed by atoms with Crippen molar-refractivity contribution in [3.05, 3.63) is 45.0 Å². The van der Waals surface area contributed by atoms with Gasteiger partial charge in [0.05, 0.1) is 10.5 Å². The number of allylic oxidation sites excluding steroid dienone is 1. The van der Waals surface area contributed by atoms with Crippen molar-refractivity contribution in [1.82, 2.24) is 0 Å². The number of nitriles is 2. The zero-order valence-corrected chi connectivity index (χ0v) is 8.82. The van der Waals surface area contributed by atoms with Gasteiger partial charge in [-0.15, -0.1) is 0 Å². The van der Waals surface area contributed by atoms with Crippen LogP contribution >= 0.6 is 0 Å². The van der Waals surface area contributed by atoms with Gasteiger partial charge in [-0.3, -0.25) is 10.1 Å². The van der Waals surface area contributed by atoms with E-state index in [4.69, 9.17) is 15.6 Å². The molecule has 1 N–H and O–H groups in total. The number of rotatable bonds is 3. The Morgan fingerprint density at radius 2 is 2.00 bits per heavy atom. The largest absolute Gasteiger partial charge is 0.477 e. The predicted molar refractivity (Wildman–Crippen MR) is 59.3 cm³/mol. The number of carboxylic acid groups (broad SMARTS) is 1. The maximum atomic E-state index is 10.9. The van der Waals surface area contributed by atoms with Crippen LogP contribution in [0.1, 0.15) is 15.9 Å². The van der Waals surface area contributed by atoms with Crippen LogP contribution in [0.3, 0.4) is 0 Å². The summed E-state index contributed by atoms with van der Waals surface area (Å²) in [6.07, 6.45) is 0.977. The average molecular weight is 243 g/mol. The first-order valence-corrected chi connectivity index (χ1v) is 4.54. The van der Waals surface area contributed by atoms with Gasteiger partial charge < -0.3 is 5.11 Å². The highest BCUT2D eigenvalue weighted by Gasteiger charge is 2.23. The number of nitro groups is 1. The van der Waals surface area contributed by atoms with E-state index < -0.39 is 22.1 Å². The van der Waals surface area contributed by atoms with Gasteiger partial charge in [0.2, 0.25) is 0 Å². The summed E-state index contributed by atoms with van der Waals surface area (Å²) in [5.41, 5.74) is -1.59. The number of aromatic carboxylic acids is 1. The van der Waals surface area contributed by atoms with Gasteiger partial charge >= 0.3 is 5.97 Å². The van der Waals surface area contributed by atoms with Crippen molar-refractivity contribution < 1.29 is 14.8 Å². The van der Waals surface area contributed by atoms with Crippen molar-refractivity contribution in [2.75, 3.05) is 0 Å². The molecule has 1 aromatic rings. The maximum absolute atomic E-state index is 10.9. The quantitative estimate of drug-likeness (QED) is 0.489. The summed E-state index contributed by atoms with van der Waals surface area (Å²) in [5.74, 6) is -1.45. The lowest BCUT2D eigenvalue weighted by atomic mass is 10.1. The summed E-state index contributed by atoms with van der Waals surface area (Å²) >= 11 is 0. The Morgan fingerprint density at radius 1 is 1.39 bits per heavy atom. The van der Waals surface area contributed by atoms with Crippen molar-refractivity contribution >= 4 is 17.7 Å². The normalized spacial score (nSPS) is 8.78. The molecule has 0 aromatic heterocycles. The number of para-hydroxylation sites is 1. The molecule has 0 amide bonds. The molecule has 1 aromatic carbocycles. The summed E-state index contributed by atoms with van der Waals surface area (Å²) in [5, 5.41) is 36.8. The second-order valence-electron chi connectivity index (χ2n) is 3.09. The molecule has 0 saturated carbocycles. The van der Waals surface area contributed by atoms with Gasteiger partial charge in [-0.05, 0) is 18.2 Å². The first-order valence-electron chi connectivity index (χ1n) is 4.54. The number of nitro benzene ring substituents is 1. The number of carbonyl (C=O) groups is 1. The van der Waals surface area contributed by atoms with Crippen LogP contribution in [0.15, 0.2) is 23.8 Å². The van der Waals surface area contributed by atoms with Gasteiger partial charge in [-0.2, -0.15) is 10.5 Å². The van der Waals surface area contributed by atoms with Crippen LogP contribution in [0, 0.1) is 32.8 Å². The summed E-state index contributed by atoms with van der Waals surface area (Å²) < 4.78 is 0. The van der Waals surface area contributed by atoms with Crippen molar-refractivity contribution in [2.45, 2.75) is 0 Å². The topological polar surface area (TPSA) is 128 Å². The highest BCUT2D eigenvalue weighted by Crippen LogP contribution is 2.25. The lowest BCUT2D eigenvalue weighted by Gasteiger charge is -2.01. The molecule has 0 aliphatic carbocycles. The first-order chi connectivity index (χ1) is 8.51. The lowest BCUT2D eigenvalue weighted by Crippen LogP contribution is -2.04. The molecular weight excluding hydrogens is 238 g/mol. The Morgan fingerprint density at radius 3 is 2.44 bits per heavy atom. The molecule has 0 bridgehead atoms. The van der Waals surface area contributed by atoms with Crippen LogP contribution in [0.4, 0.5) is 5.69 Å². The third-order valence-corrected chi connectivity index (χ3v) is 2.02. The summed E-state index contributed by atoms with van der Waals surface area (Å²) in [7, 11) is 0. The molecule has 88 valence electrons. The third kappa shape index (κ3) is 2.49.